The molecular weight excluding hydrogens is 258 g/mol. The summed E-state index contributed by atoms with van der Waals surface area (Å²) < 4.78 is 5.27. The lowest BCUT2D eigenvalue weighted by Gasteiger charge is -2.20. The lowest BCUT2D eigenvalue weighted by Crippen LogP contribution is -2.43. The van der Waals surface area contributed by atoms with Crippen molar-refractivity contribution in [2.45, 2.75) is 6.61 Å². The van der Waals surface area contributed by atoms with E-state index in [2.05, 4.69) is 10.3 Å². The Morgan fingerprint density at radius 2 is 2.05 bits per heavy atom. The molecule has 2 N–H and O–H groups in total. The SMILES string of the molecule is O=C(OCc1ccccc1)N1CCN(CCO)CCN1. The van der Waals surface area contributed by atoms with Crippen LogP contribution < -0.4 is 5.43 Å². The van der Waals surface area contributed by atoms with Crippen LogP contribution in [-0.4, -0.2) is 60.4 Å². The van der Waals surface area contributed by atoms with E-state index in [-0.39, 0.29) is 19.3 Å². The van der Waals surface area contributed by atoms with E-state index in [1.807, 2.05) is 30.3 Å². The lowest BCUT2D eigenvalue weighted by atomic mass is 10.2. The predicted molar refractivity (Wildman–Crippen MR) is 74.9 cm³/mol. The summed E-state index contributed by atoms with van der Waals surface area (Å²) in [6.07, 6.45) is -0.361. The minimum atomic E-state index is -0.361. The molecule has 0 radical (unpaired) electrons. The number of nitrogens with zero attached hydrogens (tertiary/aromatic N) is 2. The van der Waals surface area contributed by atoms with Crippen LogP contribution in [0.5, 0.6) is 0 Å². The van der Waals surface area contributed by atoms with Crippen molar-refractivity contribution < 1.29 is 14.6 Å². The van der Waals surface area contributed by atoms with Gasteiger partial charge in [-0.05, 0) is 5.56 Å². The number of β-amino-alcohol motifs (C(OH)–C–C–N with tert-alkyl or cyclic N) is 1. The highest BCUT2D eigenvalue weighted by Crippen LogP contribution is 2.03. The maximum atomic E-state index is 12.0. The third-order valence-electron chi connectivity index (χ3n) is 3.21. The van der Waals surface area contributed by atoms with Gasteiger partial charge in [-0.2, -0.15) is 0 Å². The van der Waals surface area contributed by atoms with Gasteiger partial charge in [-0.15, -0.1) is 0 Å². The van der Waals surface area contributed by atoms with Crippen molar-refractivity contribution in [3.8, 4) is 0 Å². The molecule has 110 valence electrons. The zero-order valence-electron chi connectivity index (χ0n) is 11.5. The van der Waals surface area contributed by atoms with Crippen molar-refractivity contribution in [2.75, 3.05) is 39.3 Å². The van der Waals surface area contributed by atoms with Crippen molar-refractivity contribution in [3.05, 3.63) is 35.9 Å². The summed E-state index contributed by atoms with van der Waals surface area (Å²) in [6, 6.07) is 9.61. The second kappa shape index (κ2) is 7.84. The number of ether oxygens (including phenoxy) is 1. The van der Waals surface area contributed by atoms with E-state index in [0.29, 0.717) is 19.6 Å². The van der Waals surface area contributed by atoms with Gasteiger partial charge in [0.15, 0.2) is 0 Å². The van der Waals surface area contributed by atoms with Crippen LogP contribution in [0.3, 0.4) is 0 Å². The van der Waals surface area contributed by atoms with E-state index in [1.54, 1.807) is 0 Å². The highest BCUT2D eigenvalue weighted by atomic mass is 16.6. The fourth-order valence-corrected chi connectivity index (χ4v) is 2.09. The third-order valence-corrected chi connectivity index (χ3v) is 3.21. The molecule has 1 aliphatic rings. The van der Waals surface area contributed by atoms with Gasteiger partial charge in [-0.25, -0.2) is 15.2 Å². The normalized spacial score (nSPS) is 16.8. The van der Waals surface area contributed by atoms with E-state index in [4.69, 9.17) is 9.84 Å². The van der Waals surface area contributed by atoms with E-state index in [0.717, 1.165) is 18.7 Å². The molecule has 0 aromatic heterocycles. The standard InChI is InChI=1S/C14H21N3O3/c18-11-10-16-7-6-15-17(9-8-16)14(19)20-12-13-4-2-1-3-5-13/h1-5,15,18H,6-12H2. The number of benzene rings is 1. The summed E-state index contributed by atoms with van der Waals surface area (Å²) >= 11 is 0. The second-order valence-corrected chi connectivity index (χ2v) is 4.67. The van der Waals surface area contributed by atoms with Gasteiger partial charge in [-0.3, -0.25) is 4.90 Å². The molecule has 6 heteroatoms. The molecule has 0 spiro atoms. The molecule has 0 saturated carbocycles. The van der Waals surface area contributed by atoms with Crippen LogP contribution >= 0.6 is 0 Å². The van der Waals surface area contributed by atoms with Crippen LogP contribution in [-0.2, 0) is 11.3 Å². The molecule has 1 heterocycles. The molecule has 20 heavy (non-hydrogen) atoms. The molecule has 1 aromatic carbocycles. The Balaban J connectivity index is 1.77. The number of amides is 1. The van der Waals surface area contributed by atoms with Crippen LogP contribution in [0.4, 0.5) is 4.79 Å². The monoisotopic (exact) mass is 279 g/mol. The van der Waals surface area contributed by atoms with Gasteiger partial charge < -0.3 is 9.84 Å². The molecule has 1 aliphatic heterocycles. The third kappa shape index (κ3) is 4.48. The Morgan fingerprint density at radius 3 is 2.80 bits per heavy atom. The number of carbonyl (C=O) groups excluding carboxylic acids is 1. The van der Waals surface area contributed by atoms with Crippen molar-refractivity contribution in [3.63, 3.8) is 0 Å². The number of aliphatic hydroxyl groups excluding tert-OH is 1. The van der Waals surface area contributed by atoms with Crippen LogP contribution in [0.2, 0.25) is 0 Å². The Hall–Kier alpha value is -1.63. The summed E-state index contributed by atoms with van der Waals surface area (Å²) in [5, 5.41) is 10.4. The molecule has 1 saturated heterocycles. The Morgan fingerprint density at radius 1 is 1.25 bits per heavy atom. The molecule has 1 aromatic rings. The lowest BCUT2D eigenvalue weighted by molar-refractivity contribution is 0.0800. The first-order chi connectivity index (χ1) is 9.79. The van der Waals surface area contributed by atoms with Crippen LogP contribution in [0.15, 0.2) is 30.3 Å². The summed E-state index contributed by atoms with van der Waals surface area (Å²) in [4.78, 5) is 14.1. The molecule has 2 rings (SSSR count). The van der Waals surface area contributed by atoms with Crippen LogP contribution in [0.1, 0.15) is 5.56 Å². The Labute approximate surface area is 118 Å². The second-order valence-electron chi connectivity index (χ2n) is 4.67. The predicted octanol–water partition coefficient (Wildman–Crippen LogP) is 0.438. The quantitative estimate of drug-likeness (QED) is 0.837. The van der Waals surface area contributed by atoms with Crippen LogP contribution in [0, 0.1) is 0 Å². The minimum Gasteiger partial charge on any atom is -0.444 e. The first kappa shape index (κ1) is 14.8. The van der Waals surface area contributed by atoms with Crippen molar-refractivity contribution in [1.82, 2.24) is 15.3 Å². The number of hydrogen-bond acceptors (Lipinski definition) is 5. The number of nitrogens with one attached hydrogen (secondary N) is 1. The molecule has 6 nitrogen and oxygen atoms in total. The van der Waals surface area contributed by atoms with Gasteiger partial charge in [0, 0.05) is 26.2 Å². The molecule has 1 fully saturated rings. The first-order valence-electron chi connectivity index (χ1n) is 6.84. The summed E-state index contributed by atoms with van der Waals surface area (Å²) in [5.74, 6) is 0. The number of aliphatic hydroxyl groups is 1. The smallest absolute Gasteiger partial charge is 0.424 e. The van der Waals surface area contributed by atoms with Gasteiger partial charge >= 0.3 is 6.09 Å². The maximum absolute atomic E-state index is 12.0. The average molecular weight is 279 g/mol. The fraction of sp³-hybridized carbons (Fsp3) is 0.500. The topological polar surface area (TPSA) is 65.0 Å². The number of carbonyl (C=O) groups is 1. The van der Waals surface area contributed by atoms with E-state index < -0.39 is 0 Å². The number of rotatable bonds is 4. The summed E-state index contributed by atoms with van der Waals surface area (Å²) in [6.45, 7) is 3.80. The van der Waals surface area contributed by atoms with E-state index in [9.17, 15) is 4.79 Å². The van der Waals surface area contributed by atoms with E-state index in [1.165, 1.54) is 5.01 Å². The largest absolute Gasteiger partial charge is 0.444 e. The Kier molecular flexibility index (Phi) is 5.79. The number of hydrazine groups is 1. The van der Waals surface area contributed by atoms with Gasteiger partial charge in [0.2, 0.25) is 0 Å². The zero-order valence-corrected chi connectivity index (χ0v) is 11.5. The molecular formula is C14H21N3O3. The molecule has 0 aliphatic carbocycles. The zero-order chi connectivity index (χ0) is 14.2. The summed E-state index contributed by atoms with van der Waals surface area (Å²) in [7, 11) is 0. The van der Waals surface area contributed by atoms with Gasteiger partial charge in [-0.1, -0.05) is 30.3 Å². The summed E-state index contributed by atoms with van der Waals surface area (Å²) in [5.41, 5.74) is 4.01. The van der Waals surface area contributed by atoms with Gasteiger partial charge in [0.05, 0.1) is 13.2 Å². The fourth-order valence-electron chi connectivity index (χ4n) is 2.09. The molecule has 0 unspecified atom stereocenters. The van der Waals surface area contributed by atoms with Crippen molar-refractivity contribution >= 4 is 6.09 Å². The van der Waals surface area contributed by atoms with Crippen LogP contribution in [0.25, 0.3) is 0 Å². The average Bonchev–Trinajstić information content (AvgIpc) is 2.72. The Bertz CT molecular complexity index is 413. The van der Waals surface area contributed by atoms with Gasteiger partial charge in [0.25, 0.3) is 0 Å². The molecule has 0 atom stereocenters. The van der Waals surface area contributed by atoms with Crippen molar-refractivity contribution in [2.24, 2.45) is 0 Å². The first-order valence-corrected chi connectivity index (χ1v) is 6.84. The van der Waals surface area contributed by atoms with Gasteiger partial charge in [0.1, 0.15) is 6.61 Å². The number of hydrogen-bond donors (Lipinski definition) is 2. The molecule has 0 bridgehead atoms. The highest BCUT2D eigenvalue weighted by Gasteiger charge is 2.19. The van der Waals surface area contributed by atoms with E-state index >= 15 is 0 Å². The minimum absolute atomic E-state index is 0.137. The maximum Gasteiger partial charge on any atom is 0.424 e. The molecule has 1 amide bonds. The van der Waals surface area contributed by atoms with Crippen molar-refractivity contribution in [1.29, 1.82) is 0 Å². The highest BCUT2D eigenvalue weighted by molar-refractivity contribution is 5.67.